The Labute approximate surface area is 579 Å². The van der Waals surface area contributed by atoms with Crippen molar-refractivity contribution in [1.82, 2.24) is 16.0 Å². The molecule has 1 saturated heterocycles. The van der Waals surface area contributed by atoms with Gasteiger partial charge in [-0.25, -0.2) is 14.4 Å². The van der Waals surface area contributed by atoms with E-state index in [1.807, 2.05) is 13.8 Å². The minimum absolute atomic E-state index is 0.00566. The maximum absolute atomic E-state index is 15.9. The molecule has 10 N–H and O–H groups in total. The van der Waals surface area contributed by atoms with Gasteiger partial charge in [0.05, 0.1) is 46.7 Å². The van der Waals surface area contributed by atoms with Crippen LogP contribution in [0.2, 0.25) is 0 Å². The highest BCUT2D eigenvalue weighted by Crippen LogP contribution is 2.64. The van der Waals surface area contributed by atoms with Gasteiger partial charge in [0.2, 0.25) is 6.10 Å². The van der Waals surface area contributed by atoms with E-state index in [1.165, 1.54) is 80.5 Å². The van der Waals surface area contributed by atoms with Crippen LogP contribution >= 0.6 is 21.6 Å². The number of aliphatic hydroxyl groups is 2. The lowest BCUT2D eigenvalue weighted by Crippen LogP contribution is -2.82. The molecule has 0 radical (unpaired) electrons. The van der Waals surface area contributed by atoms with E-state index in [0.29, 0.717) is 25.8 Å². The number of esters is 4. The van der Waals surface area contributed by atoms with Gasteiger partial charge in [0.25, 0.3) is 5.91 Å². The standard InChI is InChI=1S/C71H94N6O19S2/c1-12-67(10,77-48(31-24-32-75-64(72)73)58(83)69(74,13-2)14-3)57(82)47(35-40(4)78)38-98-97-34-33-90-65(88)94-55(53(44-25-18-15-19-26-44)76-61(85)45-27-20-16-21-28-45)63(87)93-49-37-71(89)60(95-62(86)46-29-22-17-23-30-46)56-68(11,50(81)36-51-70(56,39-91-51)96-43(7)80)59(84)54(92-42(6)79)52(41(49)5)66(71,8)9/h15-23,25-30,47-51,53-56,60,77,81,89H,12-14,24,31-39,74H2,1-11H3,(H,76,85)(H4,72,73,75)/t47-,48-,49+,50+,51-,53+,54-,55-,56+,60+,67?,68-,70+,71-/m1/s1. The van der Waals surface area contributed by atoms with Crippen LogP contribution in [0.25, 0.3) is 0 Å². The molecule has 25 nitrogen and oxygen atoms in total. The highest BCUT2D eigenvalue weighted by Gasteiger charge is 2.78. The molecule has 7 rings (SSSR count). The van der Waals surface area contributed by atoms with Gasteiger partial charge in [0.1, 0.15) is 42.3 Å². The molecule has 3 aromatic rings. The number of carbonyl (C=O) groups is 10. The fourth-order valence-electron chi connectivity index (χ4n) is 14.3. The van der Waals surface area contributed by atoms with Crippen molar-refractivity contribution >= 4 is 86.6 Å². The smallest absolute Gasteiger partial charge is 0.455 e. The zero-order valence-electron chi connectivity index (χ0n) is 57.4. The van der Waals surface area contributed by atoms with E-state index in [0.717, 1.165) is 13.8 Å². The number of Topliss-reactive ketones (excluding diaryl/α,β-unsaturated/α-hetero) is 4. The third-order valence-electron chi connectivity index (χ3n) is 20.1. The first-order valence-corrected chi connectivity index (χ1v) is 35.5. The normalized spacial score (nSPS) is 25.8. The molecule has 0 spiro atoms. The highest BCUT2D eigenvalue weighted by molar-refractivity contribution is 8.76. The number of hydrogen-bond donors (Lipinski definition) is 8. The molecular formula is C71H94N6O19S2. The minimum Gasteiger partial charge on any atom is -0.455 e. The number of guanidine groups is 1. The van der Waals surface area contributed by atoms with Crippen LogP contribution in [-0.4, -0.2) is 171 Å². The minimum atomic E-state index is -2.55. The number of ether oxygens (including phenoxy) is 7. The summed E-state index contributed by atoms with van der Waals surface area (Å²) < 4.78 is 42.7. The molecule has 2 saturated carbocycles. The van der Waals surface area contributed by atoms with E-state index in [2.05, 4.69) is 16.0 Å². The summed E-state index contributed by atoms with van der Waals surface area (Å²) in [7, 11) is 2.43. The van der Waals surface area contributed by atoms with Crippen LogP contribution in [0.1, 0.15) is 160 Å². The average Bonchev–Trinajstić information content (AvgIpc) is 0.669. The molecule has 1 unspecified atom stereocenters. The quantitative estimate of drug-likeness (QED) is 0.00598. The molecule has 14 atom stereocenters. The molecular weight excluding hydrogens is 1300 g/mol. The van der Waals surface area contributed by atoms with Crippen molar-refractivity contribution in [1.29, 1.82) is 5.41 Å². The number of nitrogens with one attached hydrogen (secondary N) is 4. The molecule has 1 aliphatic heterocycles. The molecule has 4 aliphatic rings. The van der Waals surface area contributed by atoms with Crippen molar-refractivity contribution in [3.05, 3.63) is 119 Å². The number of ketones is 4. The van der Waals surface area contributed by atoms with Crippen LogP contribution in [0, 0.1) is 28.1 Å². The second-order valence-corrected chi connectivity index (χ2v) is 29.3. The number of hydrogen-bond acceptors (Lipinski definition) is 24. The topological polar surface area (TPSA) is 388 Å². The van der Waals surface area contributed by atoms with E-state index in [-0.39, 0.29) is 94.9 Å². The summed E-state index contributed by atoms with van der Waals surface area (Å²) >= 11 is 0. The van der Waals surface area contributed by atoms with Gasteiger partial charge in [-0.05, 0) is 101 Å². The van der Waals surface area contributed by atoms with Crippen LogP contribution in [-0.2, 0) is 66.7 Å². The fraction of sp³-hybridized carbons (Fsp3) is 0.563. The Morgan fingerprint density at radius 2 is 1.44 bits per heavy atom. The molecule has 2 bridgehead atoms. The number of nitrogens with two attached hydrogens (primary N) is 2. The lowest BCUT2D eigenvalue weighted by atomic mass is 9.44. The van der Waals surface area contributed by atoms with Crippen molar-refractivity contribution in [3.8, 4) is 0 Å². The maximum atomic E-state index is 15.9. The van der Waals surface area contributed by atoms with E-state index in [1.54, 1.807) is 80.6 Å². The molecule has 3 fully saturated rings. The third-order valence-corrected chi connectivity index (χ3v) is 22.6. The largest absolute Gasteiger partial charge is 0.509 e. The Kier molecular flexibility index (Phi) is 25.9. The van der Waals surface area contributed by atoms with E-state index in [9.17, 15) is 48.6 Å². The number of aliphatic hydroxyl groups excluding tert-OH is 1. The Bertz CT molecular complexity index is 3470. The van der Waals surface area contributed by atoms with E-state index < -0.39 is 148 Å². The summed E-state index contributed by atoms with van der Waals surface area (Å²) in [5.41, 5.74) is 1.61. The number of rotatable bonds is 32. The number of benzene rings is 3. The van der Waals surface area contributed by atoms with Gasteiger partial charge in [-0.3, -0.25) is 39.5 Å². The Hall–Kier alpha value is -7.53. The van der Waals surface area contributed by atoms with Crippen molar-refractivity contribution in [2.75, 3.05) is 31.3 Å². The molecule has 27 heteroatoms. The Morgan fingerprint density at radius 3 is 1.99 bits per heavy atom. The predicted octanol–water partition coefficient (Wildman–Crippen LogP) is 6.92. The molecule has 534 valence electrons. The Balaban J connectivity index is 1.21. The molecule has 3 aromatic carbocycles. The van der Waals surface area contributed by atoms with Gasteiger partial charge in [0.15, 0.2) is 35.0 Å². The summed E-state index contributed by atoms with van der Waals surface area (Å²) in [6.45, 7) is 16.1. The third kappa shape index (κ3) is 16.7. The van der Waals surface area contributed by atoms with Crippen molar-refractivity contribution in [3.63, 3.8) is 0 Å². The summed E-state index contributed by atoms with van der Waals surface area (Å²) in [5, 5.41) is 43.0. The first-order valence-electron chi connectivity index (χ1n) is 33.0. The van der Waals surface area contributed by atoms with Crippen LogP contribution in [0.5, 0.6) is 0 Å². The van der Waals surface area contributed by atoms with Gasteiger partial charge >= 0.3 is 30.0 Å². The van der Waals surface area contributed by atoms with Crippen LogP contribution in [0.4, 0.5) is 4.79 Å². The van der Waals surface area contributed by atoms with Crippen molar-refractivity contribution in [2.24, 2.45) is 34.1 Å². The molecule has 98 heavy (non-hydrogen) atoms. The Morgan fingerprint density at radius 1 is 0.827 bits per heavy atom. The van der Waals surface area contributed by atoms with Crippen LogP contribution in [0.15, 0.2) is 102 Å². The first-order chi connectivity index (χ1) is 46.2. The molecule has 1 heterocycles. The monoisotopic (exact) mass is 1400 g/mol. The summed E-state index contributed by atoms with van der Waals surface area (Å²) in [4.78, 5) is 143. The zero-order chi connectivity index (χ0) is 72.3. The lowest BCUT2D eigenvalue weighted by Gasteiger charge is -2.67. The molecule has 1 amide bonds. The van der Waals surface area contributed by atoms with Gasteiger partial charge in [0, 0.05) is 68.1 Å². The lowest BCUT2D eigenvalue weighted by molar-refractivity contribution is -0.346. The van der Waals surface area contributed by atoms with Gasteiger partial charge in [-0.2, -0.15) is 0 Å². The number of amides is 1. The second-order valence-electron chi connectivity index (χ2n) is 26.7. The van der Waals surface area contributed by atoms with E-state index in [4.69, 9.17) is 50.0 Å². The fourth-order valence-corrected chi connectivity index (χ4v) is 16.4. The maximum Gasteiger partial charge on any atom is 0.509 e. The van der Waals surface area contributed by atoms with Crippen LogP contribution in [0.3, 0.4) is 0 Å². The number of carbonyl (C=O) groups excluding carboxylic acids is 10. The summed E-state index contributed by atoms with van der Waals surface area (Å²) in [6.07, 6.45) is -11.3. The SMILES string of the molecule is CCC(N)(CC)C(=O)[C@@H](CCCNC(=N)N)NC(C)(CC)C(=O)[C@@H](CSSCCOC(=O)O[C@@H](C(=O)O[C@H]1C[C@@]2(O)[C@@H](OC(=O)c3ccccc3)[C@@H]3[C@]4(OC(C)=O)CO[C@@H]4C[C@H](O)[C@@]3(C)C(=O)[C@H](OC(C)=O)C(=C1C)C2(C)C)[C@@H](NC(=O)c1ccccc1)c1ccccc1)CC(C)=O. The van der Waals surface area contributed by atoms with E-state index >= 15 is 9.59 Å². The summed E-state index contributed by atoms with van der Waals surface area (Å²) in [6, 6.07) is 21.3. The van der Waals surface area contributed by atoms with Gasteiger partial charge < -0.3 is 70.3 Å². The molecule has 0 aromatic heterocycles. The van der Waals surface area contributed by atoms with Gasteiger partial charge in [-0.15, -0.1) is 0 Å². The predicted molar refractivity (Wildman–Crippen MR) is 364 cm³/mol. The highest BCUT2D eigenvalue weighted by atomic mass is 33.1. The van der Waals surface area contributed by atoms with Crippen molar-refractivity contribution in [2.45, 2.75) is 199 Å². The van der Waals surface area contributed by atoms with Crippen molar-refractivity contribution < 1.29 is 91.3 Å². The first kappa shape index (κ1) is 77.8. The zero-order valence-corrected chi connectivity index (χ0v) is 59.1. The van der Waals surface area contributed by atoms with Gasteiger partial charge in [-0.1, -0.05) is 123 Å². The summed E-state index contributed by atoms with van der Waals surface area (Å²) in [5.74, 6) is -9.12. The van der Waals surface area contributed by atoms with Crippen LogP contribution < -0.4 is 27.4 Å². The number of fused-ring (bicyclic) bond motifs is 5. The molecule has 3 aliphatic carbocycles. The second kappa shape index (κ2) is 32.6. The average molecular weight is 1400 g/mol.